The highest BCUT2D eigenvalue weighted by atomic mass is 35.5. The second kappa shape index (κ2) is 5.56. The molecule has 3 aromatic heterocycles. The monoisotopic (exact) mass is 355 g/mol. The van der Waals surface area contributed by atoms with Gasteiger partial charge in [-0.2, -0.15) is 0 Å². The lowest BCUT2D eigenvalue weighted by Crippen LogP contribution is -2.01. The summed E-state index contributed by atoms with van der Waals surface area (Å²) < 4.78 is 6.45. The third-order valence-corrected chi connectivity index (χ3v) is 4.47. The Balaban J connectivity index is 1.97. The van der Waals surface area contributed by atoms with Crippen molar-refractivity contribution in [1.82, 2.24) is 25.0 Å². The van der Waals surface area contributed by atoms with E-state index in [1.165, 1.54) is 13.3 Å². The Morgan fingerprint density at radius 1 is 1.28 bits per heavy atom. The van der Waals surface area contributed by atoms with Crippen LogP contribution in [0.4, 0.5) is 0 Å². The summed E-state index contributed by atoms with van der Waals surface area (Å²) in [5.41, 5.74) is 5.25. The van der Waals surface area contributed by atoms with E-state index < -0.39 is 5.97 Å². The number of benzene rings is 1. The number of carbonyl (C=O) groups excluding carboxylic acids is 1. The van der Waals surface area contributed by atoms with E-state index in [4.69, 9.17) is 16.3 Å². The third kappa shape index (κ3) is 2.35. The Bertz CT molecular complexity index is 1130. The number of nitrogens with zero attached hydrogens (tertiary/aromatic N) is 4. The van der Waals surface area contributed by atoms with Crippen LogP contribution in [0, 0.1) is 6.92 Å². The standard InChI is InChI=1S/C17H14ClN5O2/c1-8-16(23(2)22-21-8)9-4-11(18)14-12(5-9)20-13-6-10(17(24)25-3)7-19-15(13)14/h4-7,20H,1-3H3. The summed E-state index contributed by atoms with van der Waals surface area (Å²) in [6.45, 7) is 1.90. The highest BCUT2D eigenvalue weighted by Gasteiger charge is 2.16. The van der Waals surface area contributed by atoms with Gasteiger partial charge in [-0.3, -0.25) is 4.98 Å². The molecule has 0 unspecified atom stereocenters. The van der Waals surface area contributed by atoms with Crippen molar-refractivity contribution >= 4 is 39.5 Å². The van der Waals surface area contributed by atoms with Gasteiger partial charge in [0.15, 0.2) is 0 Å². The third-order valence-electron chi connectivity index (χ3n) is 4.17. The molecule has 8 heteroatoms. The van der Waals surface area contributed by atoms with Crippen molar-refractivity contribution in [2.45, 2.75) is 6.92 Å². The Morgan fingerprint density at radius 2 is 2.08 bits per heavy atom. The van der Waals surface area contributed by atoms with Gasteiger partial charge in [-0.15, -0.1) is 5.10 Å². The molecule has 0 bridgehead atoms. The van der Waals surface area contributed by atoms with Crippen LogP contribution in [0.1, 0.15) is 16.1 Å². The number of pyridine rings is 1. The summed E-state index contributed by atoms with van der Waals surface area (Å²) in [5.74, 6) is -0.434. The van der Waals surface area contributed by atoms with Gasteiger partial charge in [-0.05, 0) is 25.1 Å². The minimum absolute atomic E-state index is 0.379. The van der Waals surface area contributed by atoms with Gasteiger partial charge in [0.05, 0.1) is 45.6 Å². The van der Waals surface area contributed by atoms with Gasteiger partial charge in [0.1, 0.15) is 0 Å². The molecule has 0 atom stereocenters. The van der Waals surface area contributed by atoms with Gasteiger partial charge in [-0.1, -0.05) is 16.8 Å². The first-order chi connectivity index (χ1) is 12.0. The summed E-state index contributed by atoms with van der Waals surface area (Å²) >= 11 is 6.53. The van der Waals surface area contributed by atoms with Gasteiger partial charge in [0, 0.05) is 24.2 Å². The van der Waals surface area contributed by atoms with Crippen LogP contribution in [0.5, 0.6) is 0 Å². The fraction of sp³-hybridized carbons (Fsp3) is 0.176. The van der Waals surface area contributed by atoms with Crippen molar-refractivity contribution in [2.24, 2.45) is 7.05 Å². The largest absolute Gasteiger partial charge is 0.465 e. The zero-order valence-corrected chi connectivity index (χ0v) is 14.5. The van der Waals surface area contributed by atoms with Gasteiger partial charge in [0.25, 0.3) is 0 Å². The average Bonchev–Trinajstić information content (AvgIpc) is 3.12. The topological polar surface area (TPSA) is 85.7 Å². The normalized spacial score (nSPS) is 11.4. The molecule has 3 heterocycles. The van der Waals surface area contributed by atoms with E-state index in [0.717, 1.165) is 33.4 Å². The lowest BCUT2D eigenvalue weighted by atomic mass is 10.1. The van der Waals surface area contributed by atoms with Crippen LogP contribution in [0.3, 0.4) is 0 Å². The number of aromatic nitrogens is 5. The highest BCUT2D eigenvalue weighted by molar-refractivity contribution is 6.38. The Morgan fingerprint density at radius 3 is 2.76 bits per heavy atom. The van der Waals surface area contributed by atoms with Crippen molar-refractivity contribution < 1.29 is 9.53 Å². The molecule has 0 saturated heterocycles. The first-order valence-electron chi connectivity index (χ1n) is 7.55. The second-order valence-corrected chi connectivity index (χ2v) is 6.17. The minimum Gasteiger partial charge on any atom is -0.465 e. The molecule has 0 aliphatic carbocycles. The summed E-state index contributed by atoms with van der Waals surface area (Å²) in [5, 5.41) is 9.49. The molecule has 0 amide bonds. The van der Waals surface area contributed by atoms with Gasteiger partial charge in [-0.25, -0.2) is 9.48 Å². The molecule has 0 spiro atoms. The van der Waals surface area contributed by atoms with Crippen molar-refractivity contribution in [3.05, 3.63) is 40.7 Å². The molecule has 1 aromatic carbocycles. The summed E-state index contributed by atoms with van der Waals surface area (Å²) in [6, 6.07) is 5.56. The number of esters is 1. The molecule has 0 aliphatic heterocycles. The van der Waals surface area contributed by atoms with Gasteiger partial charge >= 0.3 is 5.97 Å². The van der Waals surface area contributed by atoms with Crippen molar-refractivity contribution in [3.63, 3.8) is 0 Å². The van der Waals surface area contributed by atoms with Crippen molar-refractivity contribution in [2.75, 3.05) is 7.11 Å². The van der Waals surface area contributed by atoms with E-state index in [1.54, 1.807) is 10.7 Å². The van der Waals surface area contributed by atoms with Crippen LogP contribution in [0.25, 0.3) is 33.2 Å². The molecule has 0 radical (unpaired) electrons. The van der Waals surface area contributed by atoms with Crippen LogP contribution in [0.2, 0.25) is 5.02 Å². The summed E-state index contributed by atoms with van der Waals surface area (Å²) in [7, 11) is 3.17. The lowest BCUT2D eigenvalue weighted by Gasteiger charge is -2.04. The molecular formula is C17H14ClN5O2. The number of aryl methyl sites for hydroxylation is 2. The fourth-order valence-electron chi connectivity index (χ4n) is 3.07. The van der Waals surface area contributed by atoms with E-state index in [0.29, 0.717) is 16.1 Å². The first-order valence-corrected chi connectivity index (χ1v) is 7.93. The Hall–Kier alpha value is -2.93. The maximum absolute atomic E-state index is 11.7. The highest BCUT2D eigenvalue weighted by Crippen LogP contribution is 2.35. The molecule has 1 N–H and O–H groups in total. The number of aromatic amines is 1. The van der Waals surface area contributed by atoms with Crippen LogP contribution >= 0.6 is 11.6 Å². The number of H-pyrrole nitrogens is 1. The number of fused-ring (bicyclic) bond motifs is 3. The number of hydrogen-bond donors (Lipinski definition) is 1. The molecule has 4 aromatic rings. The van der Waals surface area contributed by atoms with Gasteiger partial charge in [0.2, 0.25) is 0 Å². The Kier molecular flexibility index (Phi) is 3.47. The number of rotatable bonds is 2. The Labute approximate surface area is 147 Å². The smallest absolute Gasteiger partial charge is 0.339 e. The van der Waals surface area contributed by atoms with E-state index >= 15 is 0 Å². The number of hydrogen-bond acceptors (Lipinski definition) is 5. The molecule has 25 heavy (non-hydrogen) atoms. The number of methoxy groups -OCH3 is 1. The number of halogens is 1. The zero-order chi connectivity index (χ0) is 17.7. The lowest BCUT2D eigenvalue weighted by molar-refractivity contribution is 0.0600. The molecule has 0 saturated carbocycles. The van der Waals surface area contributed by atoms with Crippen LogP contribution in [0.15, 0.2) is 24.4 Å². The zero-order valence-electron chi connectivity index (χ0n) is 13.8. The SMILES string of the molecule is COC(=O)c1cnc2c(c1)[nH]c1cc(-c3c(C)nnn3C)cc(Cl)c12. The summed E-state index contributed by atoms with van der Waals surface area (Å²) in [6.07, 6.45) is 1.49. The van der Waals surface area contributed by atoms with Crippen LogP contribution in [-0.4, -0.2) is 38.0 Å². The second-order valence-electron chi connectivity index (χ2n) is 5.76. The predicted molar refractivity (Wildman–Crippen MR) is 94.7 cm³/mol. The van der Waals surface area contributed by atoms with E-state index in [1.807, 2.05) is 26.1 Å². The fourth-order valence-corrected chi connectivity index (χ4v) is 3.38. The maximum atomic E-state index is 11.7. The van der Waals surface area contributed by atoms with E-state index in [-0.39, 0.29) is 0 Å². The van der Waals surface area contributed by atoms with Crippen LogP contribution < -0.4 is 0 Å². The summed E-state index contributed by atoms with van der Waals surface area (Å²) in [4.78, 5) is 19.4. The number of carbonyl (C=O) groups is 1. The molecule has 0 aliphatic rings. The maximum Gasteiger partial charge on any atom is 0.339 e. The number of nitrogens with one attached hydrogen (secondary N) is 1. The molecular weight excluding hydrogens is 342 g/mol. The average molecular weight is 356 g/mol. The van der Waals surface area contributed by atoms with Crippen molar-refractivity contribution in [1.29, 1.82) is 0 Å². The van der Waals surface area contributed by atoms with Crippen LogP contribution in [-0.2, 0) is 11.8 Å². The minimum atomic E-state index is -0.434. The number of ether oxygens (including phenoxy) is 1. The molecule has 7 nitrogen and oxygen atoms in total. The first kappa shape index (κ1) is 15.6. The molecule has 126 valence electrons. The van der Waals surface area contributed by atoms with E-state index in [9.17, 15) is 4.79 Å². The molecule has 4 rings (SSSR count). The molecule has 0 fully saturated rings. The van der Waals surface area contributed by atoms with Crippen molar-refractivity contribution in [3.8, 4) is 11.3 Å². The van der Waals surface area contributed by atoms with E-state index in [2.05, 4.69) is 20.3 Å². The predicted octanol–water partition coefficient (Wildman–Crippen LogP) is 3.26. The van der Waals surface area contributed by atoms with Gasteiger partial charge < -0.3 is 9.72 Å². The quantitative estimate of drug-likeness (QED) is 0.558.